The Hall–Kier alpha value is -3.85. The van der Waals surface area contributed by atoms with Gasteiger partial charge in [0, 0.05) is 48.8 Å². The molecule has 0 aliphatic carbocycles. The molecule has 1 unspecified atom stereocenters. The summed E-state index contributed by atoms with van der Waals surface area (Å²) in [6.45, 7) is 0.998. The minimum absolute atomic E-state index is 0.169. The summed E-state index contributed by atoms with van der Waals surface area (Å²) in [6.07, 6.45) is 2.06. The normalized spacial score (nSPS) is 17.8. The van der Waals surface area contributed by atoms with Gasteiger partial charge in [-0.25, -0.2) is 4.39 Å². The Morgan fingerprint density at radius 3 is 2.51 bits per heavy atom. The molecule has 0 radical (unpaired) electrons. The Labute approximate surface area is 202 Å². The Morgan fingerprint density at radius 2 is 1.83 bits per heavy atom. The maximum Gasteiger partial charge on any atom is 0.255 e. The van der Waals surface area contributed by atoms with Crippen LogP contribution in [-0.2, 0) is 29.7 Å². The molecule has 3 heterocycles. The zero-order valence-electron chi connectivity index (χ0n) is 19.8. The van der Waals surface area contributed by atoms with Crippen molar-refractivity contribution in [1.82, 2.24) is 24.9 Å². The van der Waals surface area contributed by atoms with E-state index < -0.39 is 23.7 Å². The second-order valence-electron chi connectivity index (χ2n) is 9.35. The van der Waals surface area contributed by atoms with E-state index in [1.807, 2.05) is 45.4 Å². The summed E-state index contributed by atoms with van der Waals surface area (Å²) in [5.74, 6) is -1.76. The van der Waals surface area contributed by atoms with E-state index in [1.165, 1.54) is 16.5 Å². The number of amides is 3. The van der Waals surface area contributed by atoms with Gasteiger partial charge in [0.1, 0.15) is 11.9 Å². The van der Waals surface area contributed by atoms with E-state index in [4.69, 9.17) is 0 Å². The summed E-state index contributed by atoms with van der Waals surface area (Å²) in [4.78, 5) is 40.3. The maximum absolute atomic E-state index is 15.4. The number of fused-ring (bicyclic) bond motifs is 1. The number of aryl methyl sites for hydroxylation is 1. The van der Waals surface area contributed by atoms with Gasteiger partial charge in [-0.05, 0) is 43.8 Å². The van der Waals surface area contributed by atoms with E-state index in [-0.39, 0.29) is 30.9 Å². The third-order valence-corrected chi connectivity index (χ3v) is 6.57. The van der Waals surface area contributed by atoms with Crippen LogP contribution in [0.5, 0.6) is 0 Å². The molecular formula is C26H26FN5O3. The van der Waals surface area contributed by atoms with Crippen molar-refractivity contribution >= 4 is 17.7 Å². The highest BCUT2D eigenvalue weighted by molar-refractivity contribution is 6.05. The maximum atomic E-state index is 15.4. The summed E-state index contributed by atoms with van der Waals surface area (Å²) < 4.78 is 17.1. The van der Waals surface area contributed by atoms with Gasteiger partial charge in [-0.3, -0.25) is 24.4 Å². The van der Waals surface area contributed by atoms with E-state index in [0.29, 0.717) is 16.7 Å². The first-order valence-electron chi connectivity index (χ1n) is 11.5. The van der Waals surface area contributed by atoms with E-state index in [0.717, 1.165) is 17.8 Å². The molecule has 1 saturated heterocycles. The highest BCUT2D eigenvalue weighted by atomic mass is 19.1. The Kier molecular flexibility index (Phi) is 5.72. The fourth-order valence-electron chi connectivity index (χ4n) is 4.91. The molecular weight excluding hydrogens is 449 g/mol. The van der Waals surface area contributed by atoms with Gasteiger partial charge in [0.25, 0.3) is 5.91 Å². The largest absolute Gasteiger partial charge is 0.322 e. The SMILES string of the molecule is CN(C)Cc1ccc(-c2c(-c3cc4c(cc3F)C(=O)N(C3CCC(=O)NC3=O)C4)cnn2C)cc1. The minimum atomic E-state index is -0.742. The molecule has 5 rings (SSSR count). The quantitative estimate of drug-likeness (QED) is 0.574. The van der Waals surface area contributed by atoms with Crippen molar-refractivity contribution in [1.29, 1.82) is 0 Å². The number of halogens is 1. The number of nitrogens with zero attached hydrogens (tertiary/aromatic N) is 4. The smallest absolute Gasteiger partial charge is 0.255 e. The van der Waals surface area contributed by atoms with Crippen LogP contribution in [0.15, 0.2) is 42.6 Å². The number of benzene rings is 2. The molecule has 3 amide bonds. The number of piperidine rings is 1. The first-order valence-corrected chi connectivity index (χ1v) is 11.5. The number of aromatic nitrogens is 2. The molecule has 1 aromatic heterocycles. The summed E-state index contributed by atoms with van der Waals surface area (Å²) in [5.41, 5.74) is 4.71. The van der Waals surface area contributed by atoms with Crippen LogP contribution in [0.3, 0.4) is 0 Å². The topological polar surface area (TPSA) is 87.5 Å². The summed E-state index contributed by atoms with van der Waals surface area (Å²) in [7, 11) is 5.83. The number of carbonyl (C=O) groups is 3. The molecule has 2 aromatic carbocycles. The van der Waals surface area contributed by atoms with Crippen molar-refractivity contribution in [3.8, 4) is 22.4 Å². The Morgan fingerprint density at radius 1 is 1.09 bits per heavy atom. The average Bonchev–Trinajstić information content (AvgIpc) is 3.33. The molecule has 2 aliphatic rings. The van der Waals surface area contributed by atoms with Gasteiger partial charge in [-0.1, -0.05) is 24.3 Å². The molecule has 1 N–H and O–H groups in total. The lowest BCUT2D eigenvalue weighted by Gasteiger charge is -2.29. The lowest BCUT2D eigenvalue weighted by Crippen LogP contribution is -2.52. The predicted molar refractivity (Wildman–Crippen MR) is 127 cm³/mol. The standard InChI is InChI=1S/C26H26FN5O3/c1-30(2)13-15-4-6-16(7-5-15)24-20(12-28-31(24)3)19-10-17-14-32(26(35)18(17)11-21(19)27)22-8-9-23(33)29-25(22)34/h4-7,10-12,22H,8-9,13-14H2,1-3H3,(H,29,33,34). The van der Waals surface area contributed by atoms with Crippen LogP contribution in [-0.4, -0.2) is 57.4 Å². The summed E-state index contributed by atoms with van der Waals surface area (Å²) in [6, 6.07) is 10.3. The summed E-state index contributed by atoms with van der Waals surface area (Å²) in [5, 5.41) is 6.66. The zero-order chi connectivity index (χ0) is 24.9. The van der Waals surface area contributed by atoms with Crippen molar-refractivity contribution in [3.05, 3.63) is 65.1 Å². The molecule has 0 bridgehead atoms. The van der Waals surface area contributed by atoms with Crippen LogP contribution >= 0.6 is 0 Å². The van der Waals surface area contributed by atoms with Gasteiger partial charge >= 0.3 is 0 Å². The lowest BCUT2D eigenvalue weighted by molar-refractivity contribution is -0.136. The van der Waals surface area contributed by atoms with Crippen molar-refractivity contribution < 1.29 is 18.8 Å². The van der Waals surface area contributed by atoms with Gasteiger partial charge in [-0.2, -0.15) is 5.10 Å². The second-order valence-corrected chi connectivity index (χ2v) is 9.35. The molecule has 2 aliphatic heterocycles. The first kappa shape index (κ1) is 22.9. The van der Waals surface area contributed by atoms with Crippen molar-refractivity contribution in [3.63, 3.8) is 0 Å². The molecule has 9 heteroatoms. The molecule has 1 atom stereocenters. The van der Waals surface area contributed by atoms with Crippen LogP contribution in [0.2, 0.25) is 0 Å². The van der Waals surface area contributed by atoms with Gasteiger partial charge in [0.05, 0.1) is 11.9 Å². The number of rotatable bonds is 5. The van der Waals surface area contributed by atoms with Crippen molar-refractivity contribution in [2.45, 2.75) is 32.0 Å². The van der Waals surface area contributed by atoms with E-state index in [2.05, 4.69) is 15.3 Å². The third kappa shape index (κ3) is 4.12. The van der Waals surface area contributed by atoms with E-state index in [1.54, 1.807) is 16.9 Å². The predicted octanol–water partition coefficient (Wildman–Crippen LogP) is 2.72. The molecule has 0 saturated carbocycles. The van der Waals surface area contributed by atoms with E-state index >= 15 is 4.39 Å². The minimum Gasteiger partial charge on any atom is -0.322 e. The zero-order valence-corrected chi connectivity index (χ0v) is 19.8. The highest BCUT2D eigenvalue weighted by Crippen LogP contribution is 2.37. The van der Waals surface area contributed by atoms with Gasteiger partial charge in [0.2, 0.25) is 11.8 Å². The Bertz CT molecular complexity index is 1350. The first-order chi connectivity index (χ1) is 16.7. The molecule has 180 valence electrons. The summed E-state index contributed by atoms with van der Waals surface area (Å²) >= 11 is 0. The Balaban J connectivity index is 1.49. The van der Waals surface area contributed by atoms with E-state index in [9.17, 15) is 14.4 Å². The lowest BCUT2D eigenvalue weighted by atomic mass is 9.97. The van der Waals surface area contributed by atoms with Crippen LogP contribution in [0.1, 0.15) is 34.3 Å². The molecule has 1 fully saturated rings. The molecule has 3 aromatic rings. The van der Waals surface area contributed by atoms with Gasteiger partial charge in [0.15, 0.2) is 0 Å². The molecule has 35 heavy (non-hydrogen) atoms. The van der Waals surface area contributed by atoms with Crippen molar-refractivity contribution in [2.75, 3.05) is 14.1 Å². The highest BCUT2D eigenvalue weighted by Gasteiger charge is 2.39. The molecule has 8 nitrogen and oxygen atoms in total. The number of imide groups is 1. The van der Waals surface area contributed by atoms with Gasteiger partial charge < -0.3 is 9.80 Å². The third-order valence-electron chi connectivity index (χ3n) is 6.57. The van der Waals surface area contributed by atoms with Crippen LogP contribution < -0.4 is 5.32 Å². The number of carbonyl (C=O) groups excluding carboxylic acids is 3. The fourth-order valence-corrected chi connectivity index (χ4v) is 4.91. The number of hydrogen-bond donors (Lipinski definition) is 1. The van der Waals surface area contributed by atoms with Crippen LogP contribution in [0.25, 0.3) is 22.4 Å². The molecule has 0 spiro atoms. The van der Waals surface area contributed by atoms with Crippen LogP contribution in [0.4, 0.5) is 4.39 Å². The van der Waals surface area contributed by atoms with Crippen molar-refractivity contribution in [2.24, 2.45) is 7.05 Å². The number of nitrogens with one attached hydrogen (secondary N) is 1. The van der Waals surface area contributed by atoms with Crippen LogP contribution in [0, 0.1) is 5.82 Å². The second kappa shape index (κ2) is 8.74. The monoisotopic (exact) mass is 475 g/mol. The van der Waals surface area contributed by atoms with Gasteiger partial charge in [-0.15, -0.1) is 0 Å². The number of hydrogen-bond acceptors (Lipinski definition) is 5. The fraction of sp³-hybridized carbons (Fsp3) is 0.308. The average molecular weight is 476 g/mol.